The molecule has 1 heterocycles. The van der Waals surface area contributed by atoms with E-state index in [0.717, 1.165) is 18.4 Å². The molecule has 0 amide bonds. The third-order valence-corrected chi connectivity index (χ3v) is 4.36. The predicted octanol–water partition coefficient (Wildman–Crippen LogP) is 3.83. The highest BCUT2D eigenvalue weighted by molar-refractivity contribution is 7.99. The van der Waals surface area contributed by atoms with Crippen molar-refractivity contribution in [1.29, 1.82) is 0 Å². The van der Waals surface area contributed by atoms with Crippen molar-refractivity contribution in [3.8, 4) is 5.75 Å². The van der Waals surface area contributed by atoms with Crippen molar-refractivity contribution < 1.29 is 13.5 Å². The van der Waals surface area contributed by atoms with E-state index < -0.39 is 6.61 Å². The molecular weight excluding hydrogens is 268 g/mol. The van der Waals surface area contributed by atoms with Crippen LogP contribution in [0.1, 0.15) is 31.4 Å². The van der Waals surface area contributed by atoms with E-state index in [1.807, 2.05) is 30.8 Å². The fourth-order valence-electron chi connectivity index (χ4n) is 2.35. The van der Waals surface area contributed by atoms with Crippen LogP contribution in [0.2, 0.25) is 0 Å². The first-order valence-electron chi connectivity index (χ1n) is 6.54. The van der Waals surface area contributed by atoms with Gasteiger partial charge in [0.25, 0.3) is 0 Å². The highest BCUT2D eigenvalue weighted by atomic mass is 32.2. The third-order valence-electron chi connectivity index (χ3n) is 3.31. The lowest BCUT2D eigenvalue weighted by molar-refractivity contribution is -0.0506. The summed E-state index contributed by atoms with van der Waals surface area (Å²) in [5, 5.41) is 3.51. The Balaban J connectivity index is 2.02. The first kappa shape index (κ1) is 14.6. The lowest BCUT2D eigenvalue weighted by Gasteiger charge is -2.27. The van der Waals surface area contributed by atoms with Gasteiger partial charge in [0.05, 0.1) is 0 Å². The van der Waals surface area contributed by atoms with Crippen LogP contribution in [0.15, 0.2) is 24.3 Å². The van der Waals surface area contributed by atoms with E-state index in [1.165, 1.54) is 11.5 Å². The van der Waals surface area contributed by atoms with Gasteiger partial charge in [0.1, 0.15) is 5.75 Å². The van der Waals surface area contributed by atoms with Crippen LogP contribution in [0, 0.1) is 0 Å². The molecule has 1 aliphatic heterocycles. The van der Waals surface area contributed by atoms with E-state index in [4.69, 9.17) is 0 Å². The Hall–Kier alpha value is -0.810. The molecule has 1 fully saturated rings. The zero-order valence-corrected chi connectivity index (χ0v) is 11.8. The lowest BCUT2D eigenvalue weighted by Crippen LogP contribution is -2.34. The molecule has 0 radical (unpaired) electrons. The summed E-state index contributed by atoms with van der Waals surface area (Å²) in [6.07, 6.45) is 2.26. The molecule has 1 aliphatic rings. The molecule has 19 heavy (non-hydrogen) atoms. The second-order valence-corrected chi connectivity index (χ2v) is 5.92. The molecule has 2 rings (SSSR count). The molecule has 1 unspecified atom stereocenters. The zero-order chi connectivity index (χ0) is 13.7. The van der Waals surface area contributed by atoms with Gasteiger partial charge in [-0.25, -0.2) is 0 Å². The summed E-state index contributed by atoms with van der Waals surface area (Å²) in [6.45, 7) is -0.783. The zero-order valence-electron chi connectivity index (χ0n) is 10.9. The number of thioether (sulfide) groups is 1. The highest BCUT2D eigenvalue weighted by Gasteiger charge is 2.19. The minimum atomic E-state index is -2.78. The molecule has 0 aromatic heterocycles. The Morgan fingerprint density at radius 3 is 2.63 bits per heavy atom. The van der Waals surface area contributed by atoms with Crippen LogP contribution in [0.25, 0.3) is 0 Å². The van der Waals surface area contributed by atoms with Crippen LogP contribution in [0.4, 0.5) is 8.78 Å². The summed E-state index contributed by atoms with van der Waals surface area (Å²) in [6, 6.07) is 7.48. The van der Waals surface area contributed by atoms with Crippen molar-refractivity contribution in [1.82, 2.24) is 5.32 Å². The number of hydrogen-bond donors (Lipinski definition) is 1. The summed E-state index contributed by atoms with van der Waals surface area (Å²) in [5.41, 5.74) is 0.793. The maximum absolute atomic E-state index is 12.4. The standard InChI is InChI=1S/C14H19F2NOS/c1-10(17-11-6-8-19-9-7-11)12-4-2-3-5-13(12)18-14(15)16/h2-5,10-11,14,17H,6-9H2,1H3. The quantitative estimate of drug-likeness (QED) is 0.889. The van der Waals surface area contributed by atoms with Crippen molar-refractivity contribution in [3.63, 3.8) is 0 Å². The summed E-state index contributed by atoms with van der Waals surface area (Å²) in [7, 11) is 0. The van der Waals surface area contributed by atoms with Crippen molar-refractivity contribution in [2.24, 2.45) is 0 Å². The van der Waals surface area contributed by atoms with Gasteiger partial charge in [0, 0.05) is 17.6 Å². The van der Waals surface area contributed by atoms with Crippen molar-refractivity contribution in [2.75, 3.05) is 11.5 Å². The Kier molecular flexibility index (Phi) is 5.45. The van der Waals surface area contributed by atoms with E-state index in [0.29, 0.717) is 6.04 Å². The minimum absolute atomic E-state index is 0.0167. The van der Waals surface area contributed by atoms with Gasteiger partial charge >= 0.3 is 6.61 Å². The highest BCUT2D eigenvalue weighted by Crippen LogP contribution is 2.28. The molecule has 0 spiro atoms. The first-order chi connectivity index (χ1) is 9.16. The Labute approximate surface area is 116 Å². The van der Waals surface area contributed by atoms with Crippen LogP contribution >= 0.6 is 11.8 Å². The van der Waals surface area contributed by atoms with Gasteiger partial charge in [0.2, 0.25) is 0 Å². The molecule has 5 heteroatoms. The van der Waals surface area contributed by atoms with Gasteiger partial charge in [-0.1, -0.05) is 18.2 Å². The molecule has 1 aromatic rings. The van der Waals surface area contributed by atoms with E-state index in [9.17, 15) is 8.78 Å². The number of para-hydroxylation sites is 1. The van der Waals surface area contributed by atoms with Gasteiger partial charge in [-0.05, 0) is 37.3 Å². The van der Waals surface area contributed by atoms with E-state index in [2.05, 4.69) is 10.1 Å². The van der Waals surface area contributed by atoms with Crippen molar-refractivity contribution in [2.45, 2.75) is 38.5 Å². The Morgan fingerprint density at radius 1 is 1.26 bits per heavy atom. The number of rotatable bonds is 5. The van der Waals surface area contributed by atoms with Crippen LogP contribution in [0.5, 0.6) is 5.75 Å². The van der Waals surface area contributed by atoms with Crippen molar-refractivity contribution >= 4 is 11.8 Å². The maximum Gasteiger partial charge on any atom is 0.387 e. The van der Waals surface area contributed by atoms with Gasteiger partial charge in [0.15, 0.2) is 0 Å². The molecule has 0 saturated carbocycles. The SMILES string of the molecule is CC(NC1CCSCC1)c1ccccc1OC(F)F. The fraction of sp³-hybridized carbons (Fsp3) is 0.571. The predicted molar refractivity (Wildman–Crippen MR) is 75.0 cm³/mol. The fourth-order valence-corrected chi connectivity index (χ4v) is 3.46. The van der Waals surface area contributed by atoms with E-state index >= 15 is 0 Å². The minimum Gasteiger partial charge on any atom is -0.434 e. The molecule has 1 aromatic carbocycles. The Morgan fingerprint density at radius 2 is 1.95 bits per heavy atom. The second kappa shape index (κ2) is 7.10. The van der Waals surface area contributed by atoms with Crippen LogP contribution in [-0.4, -0.2) is 24.2 Å². The van der Waals surface area contributed by atoms with E-state index in [1.54, 1.807) is 12.1 Å². The first-order valence-corrected chi connectivity index (χ1v) is 7.70. The third kappa shape index (κ3) is 4.35. The number of halogens is 2. The second-order valence-electron chi connectivity index (χ2n) is 4.69. The average molecular weight is 287 g/mol. The normalized spacial score (nSPS) is 18.5. The number of alkyl halides is 2. The summed E-state index contributed by atoms with van der Waals surface area (Å²) < 4.78 is 29.3. The number of nitrogens with one attached hydrogen (secondary N) is 1. The number of ether oxygens (including phenoxy) is 1. The molecule has 1 saturated heterocycles. The van der Waals surface area contributed by atoms with Crippen molar-refractivity contribution in [3.05, 3.63) is 29.8 Å². The molecule has 0 aliphatic carbocycles. The number of benzene rings is 1. The lowest BCUT2D eigenvalue weighted by atomic mass is 10.0. The monoisotopic (exact) mass is 287 g/mol. The average Bonchev–Trinajstić information content (AvgIpc) is 2.39. The van der Waals surface area contributed by atoms with Gasteiger partial charge in [-0.15, -0.1) is 0 Å². The molecule has 106 valence electrons. The van der Waals surface area contributed by atoms with Crippen LogP contribution < -0.4 is 10.1 Å². The number of hydrogen-bond acceptors (Lipinski definition) is 3. The van der Waals surface area contributed by atoms with Gasteiger partial charge in [-0.3, -0.25) is 0 Å². The maximum atomic E-state index is 12.4. The van der Waals surface area contributed by atoms with Gasteiger partial charge < -0.3 is 10.1 Å². The molecule has 2 nitrogen and oxygen atoms in total. The van der Waals surface area contributed by atoms with E-state index in [-0.39, 0.29) is 11.8 Å². The largest absolute Gasteiger partial charge is 0.434 e. The summed E-state index contributed by atoms with van der Waals surface area (Å²) >= 11 is 1.97. The van der Waals surface area contributed by atoms with Crippen LogP contribution in [-0.2, 0) is 0 Å². The van der Waals surface area contributed by atoms with Crippen LogP contribution in [0.3, 0.4) is 0 Å². The Bertz CT molecular complexity index is 397. The molecule has 1 N–H and O–H groups in total. The smallest absolute Gasteiger partial charge is 0.387 e. The molecular formula is C14H19F2NOS. The molecule has 1 atom stereocenters. The molecule has 0 bridgehead atoms. The van der Waals surface area contributed by atoms with Gasteiger partial charge in [-0.2, -0.15) is 20.5 Å². The topological polar surface area (TPSA) is 21.3 Å². The summed E-state index contributed by atoms with van der Waals surface area (Å²) in [4.78, 5) is 0. The summed E-state index contributed by atoms with van der Waals surface area (Å²) in [5.74, 6) is 2.60.